The van der Waals surface area contributed by atoms with Gasteiger partial charge in [-0.1, -0.05) is 0 Å². The second-order valence-corrected chi connectivity index (χ2v) is 10.9. The number of ether oxygens (including phenoxy) is 1. The van der Waals surface area contributed by atoms with Crippen LogP contribution in [-0.2, 0) is 9.53 Å². The van der Waals surface area contributed by atoms with Crippen LogP contribution in [-0.4, -0.2) is 69.5 Å². The number of rotatable bonds is 11. The summed E-state index contributed by atoms with van der Waals surface area (Å²) < 4.78 is 21.0. The first-order valence-corrected chi connectivity index (χ1v) is 13.4. The van der Waals surface area contributed by atoms with Gasteiger partial charge in [0.15, 0.2) is 5.78 Å². The van der Waals surface area contributed by atoms with Gasteiger partial charge in [0.05, 0.1) is 52.1 Å². The molecule has 1 amide bonds. The molecular formula is C29H35FN6O4. The van der Waals surface area contributed by atoms with Crippen LogP contribution in [0.15, 0.2) is 36.7 Å². The molecule has 0 radical (unpaired) electrons. The number of alkyl halides is 1. The van der Waals surface area contributed by atoms with Gasteiger partial charge in [-0.15, -0.1) is 0 Å². The lowest BCUT2D eigenvalue weighted by molar-refractivity contribution is -0.123. The lowest BCUT2D eigenvalue weighted by Crippen LogP contribution is -2.42. The summed E-state index contributed by atoms with van der Waals surface area (Å²) in [6, 6.07) is 9.32. The Morgan fingerprint density at radius 1 is 1.25 bits per heavy atom. The molecule has 3 aromatic rings. The molecule has 10 nitrogen and oxygen atoms in total. The van der Waals surface area contributed by atoms with Crippen LogP contribution in [0.4, 0.5) is 10.1 Å². The zero-order valence-corrected chi connectivity index (χ0v) is 23.0. The molecule has 4 rings (SSSR count). The maximum absolute atomic E-state index is 14.3. The summed E-state index contributed by atoms with van der Waals surface area (Å²) in [7, 11) is 1.52. The van der Waals surface area contributed by atoms with Gasteiger partial charge in [-0.2, -0.15) is 10.4 Å². The summed E-state index contributed by atoms with van der Waals surface area (Å²) >= 11 is 0. The fourth-order valence-corrected chi connectivity index (χ4v) is 4.95. The van der Waals surface area contributed by atoms with E-state index in [9.17, 15) is 24.3 Å². The Hall–Kier alpha value is -3.88. The number of pyridine rings is 1. The molecule has 40 heavy (non-hydrogen) atoms. The van der Waals surface area contributed by atoms with Gasteiger partial charge in [0.2, 0.25) is 0 Å². The molecule has 0 aliphatic heterocycles. The molecule has 3 heterocycles. The van der Waals surface area contributed by atoms with Crippen LogP contribution in [0.25, 0.3) is 16.9 Å². The number of methoxy groups -OCH3 is 1. The van der Waals surface area contributed by atoms with E-state index in [0.717, 1.165) is 31.2 Å². The summed E-state index contributed by atoms with van der Waals surface area (Å²) in [6.07, 6.45) is 5.16. The van der Waals surface area contributed by atoms with Gasteiger partial charge in [-0.05, 0) is 69.7 Å². The van der Waals surface area contributed by atoms with Crippen molar-refractivity contribution in [2.24, 2.45) is 5.92 Å². The fourth-order valence-electron chi connectivity index (χ4n) is 4.95. The molecular weight excluding hydrogens is 515 g/mol. The highest BCUT2D eigenvalue weighted by atomic mass is 19.1. The molecule has 0 saturated heterocycles. The number of hydrogen-bond donors (Lipinski definition) is 3. The van der Waals surface area contributed by atoms with Gasteiger partial charge < -0.3 is 20.5 Å². The molecule has 1 atom stereocenters. The first-order valence-electron chi connectivity index (χ1n) is 13.4. The molecule has 1 fully saturated rings. The van der Waals surface area contributed by atoms with Crippen LogP contribution < -0.4 is 10.6 Å². The highest BCUT2D eigenvalue weighted by Crippen LogP contribution is 2.31. The number of Topliss-reactive ketones (excluding diaryl/α,β-unsaturated/α-hetero) is 1. The Kier molecular flexibility index (Phi) is 9.12. The molecule has 0 spiro atoms. The van der Waals surface area contributed by atoms with E-state index in [-0.39, 0.29) is 30.5 Å². The van der Waals surface area contributed by atoms with Crippen molar-refractivity contribution in [2.75, 3.05) is 25.6 Å². The lowest BCUT2D eigenvalue weighted by Gasteiger charge is -2.30. The quantitative estimate of drug-likeness (QED) is 0.328. The summed E-state index contributed by atoms with van der Waals surface area (Å²) in [5, 5.41) is 29.5. The third-order valence-electron chi connectivity index (χ3n) is 7.28. The molecule has 0 unspecified atom stereocenters. The summed E-state index contributed by atoms with van der Waals surface area (Å²) in [5.74, 6) is -0.107. The number of fused-ring (bicyclic) bond motifs is 1. The number of nitrogens with one attached hydrogen (secondary N) is 2. The predicted molar refractivity (Wildman–Crippen MR) is 148 cm³/mol. The number of aromatic nitrogens is 3. The third kappa shape index (κ3) is 7.00. The highest BCUT2D eigenvalue weighted by molar-refractivity contribution is 6.00. The highest BCUT2D eigenvalue weighted by Gasteiger charge is 2.28. The zero-order valence-electron chi connectivity index (χ0n) is 23.0. The number of carbonyl (C=O) groups excluding carboxylic acids is 2. The van der Waals surface area contributed by atoms with E-state index in [1.165, 1.54) is 33.4 Å². The molecule has 1 aliphatic rings. The van der Waals surface area contributed by atoms with Crippen molar-refractivity contribution in [1.82, 2.24) is 19.9 Å². The number of ketones is 1. The average Bonchev–Trinajstić information content (AvgIpc) is 3.35. The molecule has 11 heteroatoms. The number of amides is 1. The summed E-state index contributed by atoms with van der Waals surface area (Å²) in [5.41, 5.74) is 1.63. The Morgan fingerprint density at radius 2 is 2.00 bits per heavy atom. The molecule has 3 aromatic heterocycles. The summed E-state index contributed by atoms with van der Waals surface area (Å²) in [6.45, 7) is 2.48. The van der Waals surface area contributed by atoms with Crippen LogP contribution in [0.3, 0.4) is 0 Å². The minimum atomic E-state index is -1.65. The number of carbonyl (C=O) groups is 2. The van der Waals surface area contributed by atoms with Gasteiger partial charge in [0.1, 0.15) is 18.8 Å². The van der Waals surface area contributed by atoms with Gasteiger partial charge in [-0.25, -0.2) is 8.91 Å². The number of nitriles is 1. The van der Waals surface area contributed by atoms with Crippen LogP contribution in [0.2, 0.25) is 0 Å². The van der Waals surface area contributed by atoms with E-state index >= 15 is 0 Å². The van der Waals surface area contributed by atoms with E-state index in [0.29, 0.717) is 35.0 Å². The Bertz CT molecular complexity index is 1400. The first kappa shape index (κ1) is 29.1. The van der Waals surface area contributed by atoms with Crippen molar-refractivity contribution >= 4 is 22.9 Å². The van der Waals surface area contributed by atoms with Crippen molar-refractivity contribution in [1.29, 1.82) is 5.26 Å². The van der Waals surface area contributed by atoms with Crippen molar-refractivity contribution in [3.8, 4) is 17.5 Å². The molecule has 1 aliphatic carbocycles. The predicted octanol–water partition coefficient (Wildman–Crippen LogP) is 3.68. The van der Waals surface area contributed by atoms with E-state index in [1.807, 2.05) is 12.1 Å². The number of aliphatic hydroxyl groups is 1. The van der Waals surface area contributed by atoms with Gasteiger partial charge in [0.25, 0.3) is 5.91 Å². The van der Waals surface area contributed by atoms with Crippen molar-refractivity contribution in [3.63, 3.8) is 0 Å². The minimum Gasteiger partial charge on any atom is -0.387 e. The summed E-state index contributed by atoms with van der Waals surface area (Å²) in [4.78, 5) is 29.6. The zero-order chi connectivity index (χ0) is 28.9. The minimum absolute atomic E-state index is 0.0706. The number of anilines is 1. The number of hydrogen-bond acceptors (Lipinski definition) is 8. The monoisotopic (exact) mass is 550 g/mol. The van der Waals surface area contributed by atoms with Crippen molar-refractivity contribution < 1.29 is 23.8 Å². The SMILES string of the molecule is COCC(=O)CC1CCC(Nc2cc(-c3ccc4cc(C#N)cnn34)ncc2C(=O)NC[C@@H](F)C(C)(C)O)CC1. The van der Waals surface area contributed by atoms with Gasteiger partial charge >= 0.3 is 0 Å². The number of halogens is 1. The van der Waals surface area contributed by atoms with E-state index in [1.54, 1.807) is 16.6 Å². The van der Waals surface area contributed by atoms with E-state index in [4.69, 9.17) is 4.74 Å². The van der Waals surface area contributed by atoms with Gasteiger partial charge in [0, 0.05) is 25.8 Å². The maximum Gasteiger partial charge on any atom is 0.255 e. The first-order chi connectivity index (χ1) is 19.1. The van der Waals surface area contributed by atoms with E-state index < -0.39 is 17.7 Å². The lowest BCUT2D eigenvalue weighted by atomic mass is 9.83. The van der Waals surface area contributed by atoms with Crippen molar-refractivity contribution in [2.45, 2.75) is 63.8 Å². The molecule has 1 saturated carbocycles. The Morgan fingerprint density at radius 3 is 2.67 bits per heavy atom. The fraction of sp³-hybridized carbons (Fsp3) is 0.483. The molecule has 212 valence electrons. The van der Waals surface area contributed by atoms with Crippen molar-refractivity contribution in [3.05, 3.63) is 47.8 Å². The normalized spacial score (nSPS) is 18.2. The van der Waals surface area contributed by atoms with Crippen LogP contribution in [0.1, 0.15) is 61.9 Å². The average molecular weight is 551 g/mol. The molecule has 0 aromatic carbocycles. The standard InChI is InChI=1S/C29H35FN6O4/c1-29(2,39)27(30)16-33-28(38)23-15-32-25(26-9-8-21-10-19(13-31)14-34-36(21)26)12-24(23)35-20-6-4-18(5-7-20)11-22(37)17-40-3/h8-10,12,14-15,18,20,27,39H,4-7,11,16-17H2,1-3H3,(H,32,35)(H,33,38)/t18?,20?,27-/m1/s1. The van der Waals surface area contributed by atoms with Crippen LogP contribution >= 0.6 is 0 Å². The molecule has 0 bridgehead atoms. The Balaban J connectivity index is 1.57. The Labute approximate surface area is 232 Å². The topological polar surface area (TPSA) is 142 Å². The second kappa shape index (κ2) is 12.5. The van der Waals surface area contributed by atoms with E-state index in [2.05, 4.69) is 26.8 Å². The largest absolute Gasteiger partial charge is 0.387 e. The molecule has 3 N–H and O–H groups in total. The van der Waals surface area contributed by atoms with Crippen LogP contribution in [0.5, 0.6) is 0 Å². The smallest absolute Gasteiger partial charge is 0.255 e. The second-order valence-electron chi connectivity index (χ2n) is 10.9. The maximum atomic E-state index is 14.3. The third-order valence-corrected chi connectivity index (χ3v) is 7.28. The number of nitrogens with zero attached hydrogens (tertiary/aromatic N) is 4. The van der Waals surface area contributed by atoms with Crippen LogP contribution in [0, 0.1) is 17.2 Å². The van der Waals surface area contributed by atoms with Gasteiger partial charge in [-0.3, -0.25) is 14.6 Å².